The highest BCUT2D eigenvalue weighted by molar-refractivity contribution is 5.22. The van der Waals surface area contributed by atoms with Crippen molar-refractivity contribution < 1.29 is 4.74 Å². The van der Waals surface area contributed by atoms with Gasteiger partial charge in [0.05, 0.1) is 6.10 Å². The number of piperidine rings is 1. The highest BCUT2D eigenvalue weighted by atomic mass is 16.5. The van der Waals surface area contributed by atoms with E-state index < -0.39 is 0 Å². The molecular formula is C18H27NO. The topological polar surface area (TPSA) is 21.3 Å². The van der Waals surface area contributed by atoms with Crippen LogP contribution in [0.5, 0.6) is 0 Å². The Hall–Kier alpha value is -0.860. The molecule has 1 heterocycles. The lowest BCUT2D eigenvalue weighted by atomic mass is 10.0. The van der Waals surface area contributed by atoms with Crippen molar-refractivity contribution in [3.63, 3.8) is 0 Å². The Morgan fingerprint density at radius 2 is 1.55 bits per heavy atom. The van der Waals surface area contributed by atoms with Crippen molar-refractivity contribution in [2.75, 3.05) is 13.2 Å². The van der Waals surface area contributed by atoms with Crippen LogP contribution in [0, 0.1) is 10.4 Å². The summed E-state index contributed by atoms with van der Waals surface area (Å²) in [5.41, 5.74) is 0. The normalized spacial score (nSPS) is 24.1. The summed E-state index contributed by atoms with van der Waals surface area (Å²) in [6.07, 6.45) is 11.3. The van der Waals surface area contributed by atoms with Gasteiger partial charge < -0.3 is 10.1 Å². The Bertz CT molecular complexity index is 436. The summed E-state index contributed by atoms with van der Waals surface area (Å²) >= 11 is 0. The van der Waals surface area contributed by atoms with Gasteiger partial charge in [0.15, 0.2) is 0 Å². The van der Waals surface area contributed by atoms with Crippen LogP contribution >= 0.6 is 0 Å². The Morgan fingerprint density at radius 3 is 2.05 bits per heavy atom. The van der Waals surface area contributed by atoms with E-state index in [0.717, 1.165) is 12.6 Å². The van der Waals surface area contributed by atoms with E-state index in [4.69, 9.17) is 4.74 Å². The van der Waals surface area contributed by atoms with E-state index in [0.29, 0.717) is 6.10 Å². The van der Waals surface area contributed by atoms with Crippen molar-refractivity contribution in [3.05, 3.63) is 34.7 Å². The molecule has 2 heteroatoms. The number of benzene rings is 1. The number of hydrogen-bond donors (Lipinski definition) is 1. The fraction of sp³-hybridized carbons (Fsp3) is 0.667. The molecule has 2 fully saturated rings. The van der Waals surface area contributed by atoms with Crippen LogP contribution in [0.4, 0.5) is 0 Å². The van der Waals surface area contributed by atoms with Gasteiger partial charge in [-0.05, 0) is 49.1 Å². The molecule has 0 aromatic rings. The quantitative estimate of drug-likeness (QED) is 0.915. The summed E-state index contributed by atoms with van der Waals surface area (Å²) in [7, 11) is 0. The molecule has 1 saturated carbocycles. The smallest absolute Gasteiger partial charge is 0.0575 e. The van der Waals surface area contributed by atoms with Crippen molar-refractivity contribution in [1.29, 1.82) is 0 Å². The third kappa shape index (κ3) is 3.83. The highest BCUT2D eigenvalue weighted by Gasteiger charge is 2.16. The summed E-state index contributed by atoms with van der Waals surface area (Å²) < 4.78 is 5.87. The van der Waals surface area contributed by atoms with E-state index in [9.17, 15) is 0 Å². The standard InChI is InChI=1S/C12H23NO.C6H4/c1-2-7-12(6-1)14-10-8-11-5-3-4-9-13-11;1-2-6-4-3-5(1)6/h11-13H,1-10H2;1-4H. The van der Waals surface area contributed by atoms with E-state index >= 15 is 0 Å². The number of ether oxygens (including phenoxy) is 1. The molecule has 0 bridgehead atoms. The van der Waals surface area contributed by atoms with Gasteiger partial charge in [0, 0.05) is 12.6 Å². The van der Waals surface area contributed by atoms with Gasteiger partial charge in [0.1, 0.15) is 0 Å². The maximum absolute atomic E-state index is 5.87. The maximum atomic E-state index is 5.87. The first kappa shape index (κ1) is 14.1. The maximum Gasteiger partial charge on any atom is 0.0575 e. The Labute approximate surface area is 122 Å². The molecule has 0 amide bonds. The monoisotopic (exact) mass is 273 g/mol. The first-order valence-electron chi connectivity index (χ1n) is 8.37. The minimum absolute atomic E-state index is 0.596. The number of rotatable bonds is 4. The zero-order valence-electron chi connectivity index (χ0n) is 12.4. The van der Waals surface area contributed by atoms with E-state index in [1.54, 1.807) is 0 Å². The molecule has 1 saturated heterocycles. The molecule has 4 aliphatic rings. The lowest BCUT2D eigenvalue weighted by molar-refractivity contribution is 0.0506. The van der Waals surface area contributed by atoms with Gasteiger partial charge in [-0.3, -0.25) is 0 Å². The van der Waals surface area contributed by atoms with Gasteiger partial charge >= 0.3 is 0 Å². The van der Waals surface area contributed by atoms with E-state index in [1.807, 2.05) is 0 Å². The second-order valence-corrected chi connectivity index (χ2v) is 6.29. The van der Waals surface area contributed by atoms with Crippen LogP contribution in [0.1, 0.15) is 51.4 Å². The second-order valence-electron chi connectivity index (χ2n) is 6.29. The van der Waals surface area contributed by atoms with E-state index in [-0.39, 0.29) is 0 Å². The Kier molecular flexibility index (Phi) is 5.10. The molecule has 4 rings (SSSR count). The van der Waals surface area contributed by atoms with Gasteiger partial charge in [-0.25, -0.2) is 0 Å². The van der Waals surface area contributed by atoms with Crippen molar-refractivity contribution in [2.45, 2.75) is 63.5 Å². The van der Waals surface area contributed by atoms with Crippen LogP contribution < -0.4 is 5.32 Å². The third-order valence-corrected chi connectivity index (χ3v) is 4.75. The van der Waals surface area contributed by atoms with Crippen LogP contribution in [-0.4, -0.2) is 25.3 Å². The molecule has 0 aromatic carbocycles. The van der Waals surface area contributed by atoms with Gasteiger partial charge in [-0.1, -0.05) is 43.5 Å². The average molecular weight is 273 g/mol. The van der Waals surface area contributed by atoms with Crippen molar-refractivity contribution in [2.24, 2.45) is 0 Å². The minimum atomic E-state index is 0.596. The highest BCUT2D eigenvalue weighted by Crippen LogP contribution is 2.21. The summed E-state index contributed by atoms with van der Waals surface area (Å²) in [6.45, 7) is 2.19. The van der Waals surface area contributed by atoms with Gasteiger partial charge in [-0.15, -0.1) is 0 Å². The molecule has 1 unspecified atom stereocenters. The molecule has 20 heavy (non-hydrogen) atoms. The van der Waals surface area contributed by atoms with Crippen LogP contribution in [0.25, 0.3) is 0 Å². The van der Waals surface area contributed by atoms with Crippen LogP contribution in [-0.2, 0) is 4.74 Å². The molecular weight excluding hydrogens is 246 g/mol. The van der Waals surface area contributed by atoms with Gasteiger partial charge in [0.2, 0.25) is 0 Å². The Morgan fingerprint density at radius 1 is 0.900 bits per heavy atom. The average Bonchev–Trinajstić information content (AvgIpc) is 2.98. The number of hydrogen-bond acceptors (Lipinski definition) is 2. The molecule has 0 radical (unpaired) electrons. The van der Waals surface area contributed by atoms with Crippen LogP contribution in [0.15, 0.2) is 24.3 Å². The summed E-state index contributed by atoms with van der Waals surface area (Å²) in [6, 6.07) is 9.22. The fourth-order valence-corrected chi connectivity index (χ4v) is 3.27. The summed E-state index contributed by atoms with van der Waals surface area (Å²) in [5.74, 6) is 0. The van der Waals surface area contributed by atoms with Crippen molar-refractivity contribution >= 4 is 0 Å². The molecule has 1 atom stereocenters. The molecule has 2 nitrogen and oxygen atoms in total. The predicted molar refractivity (Wildman–Crippen MR) is 82.6 cm³/mol. The molecule has 0 aromatic heterocycles. The van der Waals surface area contributed by atoms with Crippen molar-refractivity contribution in [3.8, 4) is 0 Å². The molecule has 3 aliphatic carbocycles. The SMILES string of the molecule is C1CCC(CCOC2CCCC2)NC1.c1cc2ccc1=2. The minimum Gasteiger partial charge on any atom is -0.378 e. The summed E-state index contributed by atoms with van der Waals surface area (Å²) in [5, 5.41) is 6.42. The lowest BCUT2D eigenvalue weighted by Crippen LogP contribution is -2.35. The van der Waals surface area contributed by atoms with E-state index in [1.165, 1.54) is 68.3 Å². The zero-order chi connectivity index (χ0) is 13.6. The largest absolute Gasteiger partial charge is 0.378 e. The lowest BCUT2D eigenvalue weighted by Gasteiger charge is -2.23. The first-order valence-corrected chi connectivity index (χ1v) is 8.37. The third-order valence-electron chi connectivity index (χ3n) is 4.75. The first-order chi connectivity index (χ1) is 9.92. The molecule has 0 spiro atoms. The second kappa shape index (κ2) is 7.24. The number of nitrogens with one attached hydrogen (secondary N) is 1. The van der Waals surface area contributed by atoms with Gasteiger partial charge in [0.25, 0.3) is 0 Å². The fourth-order valence-electron chi connectivity index (χ4n) is 3.27. The Balaban J connectivity index is 0.000000165. The van der Waals surface area contributed by atoms with Gasteiger partial charge in [-0.2, -0.15) is 0 Å². The molecule has 110 valence electrons. The predicted octanol–water partition coefficient (Wildman–Crippen LogP) is 3.76. The molecule has 1 aliphatic heterocycles. The van der Waals surface area contributed by atoms with Crippen molar-refractivity contribution in [1.82, 2.24) is 5.32 Å². The zero-order valence-corrected chi connectivity index (χ0v) is 12.4. The van der Waals surface area contributed by atoms with Crippen LogP contribution in [0.2, 0.25) is 0 Å². The van der Waals surface area contributed by atoms with Crippen LogP contribution in [0.3, 0.4) is 0 Å². The summed E-state index contributed by atoms with van der Waals surface area (Å²) in [4.78, 5) is 0. The molecule has 1 N–H and O–H groups in total. The van der Waals surface area contributed by atoms with E-state index in [2.05, 4.69) is 29.6 Å².